The molecule has 0 saturated heterocycles. The van der Waals surface area contributed by atoms with Crippen LogP contribution in [0.4, 0.5) is 10.1 Å². The van der Waals surface area contributed by atoms with E-state index < -0.39 is 0 Å². The van der Waals surface area contributed by atoms with Crippen LogP contribution in [-0.2, 0) is 11.3 Å². The molecule has 0 aliphatic rings. The molecule has 3 nitrogen and oxygen atoms in total. The summed E-state index contributed by atoms with van der Waals surface area (Å²) in [7, 11) is 0. The van der Waals surface area contributed by atoms with E-state index in [0.29, 0.717) is 18.7 Å². The van der Waals surface area contributed by atoms with Crippen LogP contribution in [0.25, 0.3) is 0 Å². The molecule has 0 atom stereocenters. The lowest BCUT2D eigenvalue weighted by Crippen LogP contribution is -3.00. The van der Waals surface area contributed by atoms with Gasteiger partial charge >= 0.3 is 0 Å². The van der Waals surface area contributed by atoms with Crippen molar-refractivity contribution in [2.45, 2.75) is 19.9 Å². The number of hydrogen-bond donors (Lipinski definition) is 1. The number of anilines is 1. The molecule has 0 unspecified atom stereocenters. The smallest absolute Gasteiger partial charge is 0.230 e. The summed E-state index contributed by atoms with van der Waals surface area (Å²) >= 11 is 0. The van der Waals surface area contributed by atoms with E-state index in [0.717, 1.165) is 0 Å². The van der Waals surface area contributed by atoms with Gasteiger partial charge in [0.15, 0.2) is 18.9 Å². The molecule has 0 aliphatic heterocycles. The summed E-state index contributed by atoms with van der Waals surface area (Å²) in [5.74, 6) is -0.395. The first-order valence-corrected chi connectivity index (χ1v) is 6.14. The van der Waals surface area contributed by atoms with Crippen molar-refractivity contribution in [2.24, 2.45) is 0 Å². The topological polar surface area (TPSA) is 33.0 Å². The number of benzene rings is 1. The Kier molecular flexibility index (Phi) is 6.31. The monoisotopic (exact) mass is 338 g/mol. The van der Waals surface area contributed by atoms with Crippen molar-refractivity contribution in [1.29, 1.82) is 0 Å². The van der Waals surface area contributed by atoms with Crippen molar-refractivity contribution >= 4 is 11.6 Å². The predicted molar refractivity (Wildman–Crippen MR) is 71.0 cm³/mol. The number of halogens is 2. The van der Waals surface area contributed by atoms with Gasteiger partial charge in [0.2, 0.25) is 5.91 Å². The van der Waals surface area contributed by atoms with Crippen LogP contribution in [0.1, 0.15) is 12.0 Å². The molecule has 2 rings (SSSR count). The fraction of sp³-hybridized carbons (Fsp3) is 0.200. The van der Waals surface area contributed by atoms with Crippen LogP contribution in [0.2, 0.25) is 0 Å². The quantitative estimate of drug-likeness (QED) is 0.746. The number of nitrogens with one attached hydrogen (secondary N) is 1. The molecule has 1 amide bonds. The first-order chi connectivity index (χ1) is 9.13. The van der Waals surface area contributed by atoms with E-state index in [1.165, 1.54) is 17.7 Å². The van der Waals surface area contributed by atoms with Crippen LogP contribution < -0.4 is 26.9 Å². The summed E-state index contributed by atoms with van der Waals surface area (Å²) in [6.45, 7) is 2.64. The van der Waals surface area contributed by atoms with Crippen LogP contribution in [-0.4, -0.2) is 5.91 Å². The molecule has 1 aromatic carbocycles. The summed E-state index contributed by atoms with van der Waals surface area (Å²) in [6, 6.07) is 9.74. The first-order valence-electron chi connectivity index (χ1n) is 6.14. The predicted octanol–water partition coefficient (Wildman–Crippen LogP) is -0.546. The minimum atomic E-state index is -0.312. The highest BCUT2D eigenvalue weighted by molar-refractivity contribution is 5.90. The maximum absolute atomic E-state index is 12.7. The largest absolute Gasteiger partial charge is 1.00 e. The second kappa shape index (κ2) is 7.75. The van der Waals surface area contributed by atoms with Gasteiger partial charge in [-0.15, -0.1) is 0 Å². The van der Waals surface area contributed by atoms with Crippen LogP contribution >= 0.6 is 0 Å². The second-order valence-corrected chi connectivity index (χ2v) is 4.42. The van der Waals surface area contributed by atoms with Crippen LogP contribution in [0.15, 0.2) is 48.8 Å². The van der Waals surface area contributed by atoms with Gasteiger partial charge in [0, 0.05) is 17.8 Å². The van der Waals surface area contributed by atoms with Crippen molar-refractivity contribution in [3.05, 3.63) is 60.2 Å². The molecule has 1 N–H and O–H groups in total. The number of aryl methyl sites for hydroxylation is 2. The fourth-order valence-corrected chi connectivity index (χ4v) is 1.67. The zero-order chi connectivity index (χ0) is 13.7. The molecule has 0 fully saturated rings. The Morgan fingerprint density at radius 1 is 1.15 bits per heavy atom. The lowest BCUT2D eigenvalue weighted by atomic mass is 10.3. The van der Waals surface area contributed by atoms with E-state index in [1.807, 2.05) is 36.0 Å². The molecule has 0 bridgehead atoms. The molecule has 0 saturated carbocycles. The number of carbonyl (C=O) groups is 1. The Hall–Kier alpha value is -1.75. The van der Waals surface area contributed by atoms with E-state index in [1.54, 1.807) is 12.1 Å². The van der Waals surface area contributed by atoms with E-state index in [4.69, 9.17) is 0 Å². The maximum Gasteiger partial charge on any atom is 0.230 e. The average Bonchev–Trinajstić information content (AvgIpc) is 2.41. The number of rotatable bonds is 4. The van der Waals surface area contributed by atoms with Gasteiger partial charge in [-0.05, 0) is 36.8 Å². The van der Waals surface area contributed by atoms with E-state index in [2.05, 4.69) is 5.32 Å². The lowest BCUT2D eigenvalue weighted by molar-refractivity contribution is -0.695. The zero-order valence-corrected chi connectivity index (χ0v) is 12.7. The average molecular weight is 339 g/mol. The van der Waals surface area contributed by atoms with Gasteiger partial charge in [-0.25, -0.2) is 8.96 Å². The minimum Gasteiger partial charge on any atom is -1.00 e. The van der Waals surface area contributed by atoms with Crippen LogP contribution in [0.3, 0.4) is 0 Å². The van der Waals surface area contributed by atoms with E-state index >= 15 is 0 Å². The van der Waals surface area contributed by atoms with Crippen molar-refractivity contribution in [2.75, 3.05) is 5.32 Å². The lowest BCUT2D eigenvalue weighted by Gasteiger charge is -2.03. The number of hydrogen-bond acceptors (Lipinski definition) is 1. The molecule has 106 valence electrons. The van der Waals surface area contributed by atoms with Gasteiger partial charge < -0.3 is 22.3 Å². The third-order valence-electron chi connectivity index (χ3n) is 2.78. The summed E-state index contributed by atoms with van der Waals surface area (Å²) in [5, 5.41) is 2.73. The molecule has 20 heavy (non-hydrogen) atoms. The molecule has 0 aliphatic carbocycles. The van der Waals surface area contributed by atoms with Crippen molar-refractivity contribution in [1.82, 2.24) is 0 Å². The number of nitrogens with zero attached hydrogens (tertiary/aromatic N) is 1. The number of amides is 1. The Balaban J connectivity index is 0.00000200. The van der Waals surface area contributed by atoms with E-state index in [-0.39, 0.29) is 28.7 Å². The normalized spacial score (nSPS) is 9.70. The van der Waals surface area contributed by atoms with Crippen LogP contribution in [0.5, 0.6) is 0 Å². The highest BCUT2D eigenvalue weighted by atomic mass is 79.9. The Labute approximate surface area is 128 Å². The highest BCUT2D eigenvalue weighted by Crippen LogP contribution is 2.08. The maximum atomic E-state index is 12.7. The van der Waals surface area contributed by atoms with Gasteiger partial charge in [-0.3, -0.25) is 4.79 Å². The van der Waals surface area contributed by atoms with Crippen molar-refractivity contribution in [3.63, 3.8) is 0 Å². The number of pyridine rings is 1. The third kappa shape index (κ3) is 5.09. The van der Waals surface area contributed by atoms with Gasteiger partial charge in [0.25, 0.3) is 0 Å². The number of aromatic nitrogens is 1. The molecular weight excluding hydrogens is 323 g/mol. The molecule has 0 spiro atoms. The summed E-state index contributed by atoms with van der Waals surface area (Å²) in [6.07, 6.45) is 4.27. The molecule has 1 heterocycles. The zero-order valence-electron chi connectivity index (χ0n) is 11.1. The Bertz CT molecular complexity index is 555. The van der Waals surface area contributed by atoms with E-state index in [9.17, 15) is 9.18 Å². The third-order valence-corrected chi connectivity index (χ3v) is 2.78. The Morgan fingerprint density at radius 3 is 2.35 bits per heavy atom. The molecule has 0 radical (unpaired) electrons. The summed E-state index contributed by atoms with van der Waals surface area (Å²) < 4.78 is 14.7. The second-order valence-electron chi connectivity index (χ2n) is 4.42. The molecule has 5 heteroatoms. The first kappa shape index (κ1) is 16.3. The highest BCUT2D eigenvalue weighted by Gasteiger charge is 2.06. The van der Waals surface area contributed by atoms with Gasteiger partial charge in [0.05, 0.1) is 6.42 Å². The van der Waals surface area contributed by atoms with Crippen LogP contribution in [0, 0.1) is 12.7 Å². The fourth-order valence-electron chi connectivity index (χ4n) is 1.67. The minimum absolute atomic E-state index is 0. The number of carbonyl (C=O) groups excluding carboxylic acids is 1. The summed E-state index contributed by atoms with van der Waals surface area (Å²) in [5.41, 5.74) is 1.80. The standard InChI is InChI=1S/C15H15FN2O.BrH/c1-12-6-9-18(10-7-12)11-8-15(19)17-14-4-2-13(16)3-5-14;/h2-7,9-10H,8,11H2,1H3;1H. The van der Waals surface area contributed by atoms with Gasteiger partial charge in [0.1, 0.15) is 5.82 Å². The Morgan fingerprint density at radius 2 is 1.75 bits per heavy atom. The molecule has 1 aromatic heterocycles. The molecule has 2 aromatic rings. The summed E-state index contributed by atoms with van der Waals surface area (Å²) in [4.78, 5) is 11.7. The SMILES string of the molecule is Cc1cc[n+](CCC(=O)Nc2ccc(F)cc2)cc1.[Br-]. The van der Waals surface area contributed by atoms with Crippen molar-refractivity contribution < 1.29 is 30.7 Å². The molecular formula is C15H16BrFN2O. The van der Waals surface area contributed by atoms with Gasteiger partial charge in [-0.2, -0.15) is 0 Å². The van der Waals surface area contributed by atoms with Crippen molar-refractivity contribution in [3.8, 4) is 0 Å². The van der Waals surface area contributed by atoms with Gasteiger partial charge in [-0.1, -0.05) is 0 Å².